The van der Waals surface area contributed by atoms with E-state index in [2.05, 4.69) is 25.8 Å². The molecular weight excluding hydrogens is 184 g/mol. The number of hydrogen-bond acceptors (Lipinski definition) is 1. The number of hydrogen-bond donors (Lipinski definition) is 0. The Morgan fingerprint density at radius 3 is 2.07 bits per heavy atom. The third-order valence-electron chi connectivity index (χ3n) is 4.43. The SMILES string of the molecule is CC.CC(C)[N+]12CCC(CC1)N(C)CC2. The molecule has 0 aromatic heterocycles. The molecule has 90 valence electrons. The van der Waals surface area contributed by atoms with E-state index in [4.69, 9.17) is 0 Å². The summed E-state index contributed by atoms with van der Waals surface area (Å²) in [6.45, 7) is 14.3. The molecule has 3 aliphatic rings. The van der Waals surface area contributed by atoms with Gasteiger partial charge in [0.05, 0.1) is 25.7 Å². The smallest absolute Gasteiger partial charge is 0.0917 e. The standard InChI is InChI=1S/C11H23N2.C2H6/c1-10(2)13-7-4-11(5-8-13)12(3)6-9-13;1-2/h10-11H,4-9H2,1-3H3;1-2H3/q+1;. The normalized spacial score (nSPS) is 36.0. The number of fused-ring (bicyclic) bond motifs is 4. The van der Waals surface area contributed by atoms with Crippen LogP contribution in [-0.4, -0.2) is 54.7 Å². The van der Waals surface area contributed by atoms with Crippen LogP contribution in [0.15, 0.2) is 0 Å². The number of piperidine rings is 1. The maximum absolute atomic E-state index is 2.58. The third-order valence-corrected chi connectivity index (χ3v) is 4.43. The van der Waals surface area contributed by atoms with Crippen molar-refractivity contribution >= 4 is 0 Å². The fraction of sp³-hybridized carbons (Fsp3) is 1.00. The molecule has 0 radical (unpaired) electrons. The van der Waals surface area contributed by atoms with E-state index in [0.29, 0.717) is 0 Å². The second kappa shape index (κ2) is 5.31. The molecule has 0 spiro atoms. The molecule has 0 unspecified atom stereocenters. The van der Waals surface area contributed by atoms with E-state index in [1.54, 1.807) is 0 Å². The van der Waals surface area contributed by atoms with Crippen molar-refractivity contribution in [1.82, 2.24) is 4.90 Å². The molecular formula is C13H29N2+. The van der Waals surface area contributed by atoms with Gasteiger partial charge in [-0.05, 0) is 20.9 Å². The Morgan fingerprint density at radius 1 is 1.07 bits per heavy atom. The van der Waals surface area contributed by atoms with Crippen molar-refractivity contribution in [1.29, 1.82) is 0 Å². The Balaban J connectivity index is 0.000000531. The van der Waals surface area contributed by atoms with Crippen molar-refractivity contribution < 1.29 is 4.48 Å². The van der Waals surface area contributed by atoms with Crippen molar-refractivity contribution in [3.05, 3.63) is 0 Å². The van der Waals surface area contributed by atoms with Gasteiger partial charge in [-0.25, -0.2) is 0 Å². The van der Waals surface area contributed by atoms with Gasteiger partial charge < -0.3 is 4.48 Å². The molecule has 15 heavy (non-hydrogen) atoms. The van der Waals surface area contributed by atoms with Crippen LogP contribution in [0.4, 0.5) is 0 Å². The average Bonchev–Trinajstić information content (AvgIpc) is 2.53. The van der Waals surface area contributed by atoms with Crippen molar-refractivity contribution in [2.75, 3.05) is 33.2 Å². The monoisotopic (exact) mass is 213 g/mol. The highest BCUT2D eigenvalue weighted by Crippen LogP contribution is 2.28. The highest BCUT2D eigenvalue weighted by molar-refractivity contribution is 4.77. The summed E-state index contributed by atoms with van der Waals surface area (Å²) in [6.07, 6.45) is 2.85. The van der Waals surface area contributed by atoms with Crippen LogP contribution in [-0.2, 0) is 0 Å². The van der Waals surface area contributed by atoms with Crippen LogP contribution in [0.5, 0.6) is 0 Å². The third kappa shape index (κ3) is 2.54. The Bertz CT molecular complexity index is 181. The lowest BCUT2D eigenvalue weighted by atomic mass is 10.0. The topological polar surface area (TPSA) is 3.24 Å². The van der Waals surface area contributed by atoms with Crippen molar-refractivity contribution in [3.63, 3.8) is 0 Å². The molecule has 3 saturated heterocycles. The van der Waals surface area contributed by atoms with Crippen LogP contribution in [0.1, 0.15) is 40.5 Å². The van der Waals surface area contributed by atoms with Gasteiger partial charge in [0.25, 0.3) is 0 Å². The fourth-order valence-corrected chi connectivity index (χ4v) is 3.05. The highest BCUT2D eigenvalue weighted by Gasteiger charge is 2.40. The lowest BCUT2D eigenvalue weighted by Gasteiger charge is -2.44. The molecule has 0 aromatic rings. The molecule has 0 saturated carbocycles. The first-order valence-electron chi connectivity index (χ1n) is 6.70. The van der Waals surface area contributed by atoms with Crippen LogP contribution in [0.25, 0.3) is 0 Å². The number of quaternary nitrogens is 1. The molecule has 3 heterocycles. The van der Waals surface area contributed by atoms with E-state index in [0.717, 1.165) is 12.1 Å². The fourth-order valence-electron chi connectivity index (χ4n) is 3.05. The summed E-state index contributed by atoms with van der Waals surface area (Å²) in [6, 6.07) is 1.72. The molecule has 0 aromatic carbocycles. The number of nitrogens with zero attached hydrogens (tertiary/aromatic N) is 2. The Morgan fingerprint density at radius 2 is 1.60 bits per heavy atom. The second-order valence-corrected chi connectivity index (χ2v) is 5.19. The first kappa shape index (κ1) is 13.0. The molecule has 3 rings (SSSR count). The molecule has 2 heteroatoms. The molecule has 3 aliphatic heterocycles. The van der Waals surface area contributed by atoms with Crippen LogP contribution in [0.3, 0.4) is 0 Å². The van der Waals surface area contributed by atoms with E-state index in [1.165, 1.54) is 43.5 Å². The lowest BCUT2D eigenvalue weighted by Crippen LogP contribution is -2.57. The van der Waals surface area contributed by atoms with Crippen molar-refractivity contribution in [3.8, 4) is 0 Å². The molecule has 3 fully saturated rings. The van der Waals surface area contributed by atoms with Gasteiger partial charge >= 0.3 is 0 Å². The van der Waals surface area contributed by atoms with Gasteiger partial charge in [-0.1, -0.05) is 13.8 Å². The number of likely N-dealkylation sites (N-methyl/N-ethyl adjacent to an activating group) is 1. The molecule has 2 nitrogen and oxygen atoms in total. The van der Waals surface area contributed by atoms with Gasteiger partial charge in [0.15, 0.2) is 0 Å². The summed E-state index contributed by atoms with van der Waals surface area (Å²) >= 11 is 0. The zero-order valence-electron chi connectivity index (χ0n) is 11.3. The minimum Gasteiger partial charge on any atom is -0.320 e. The summed E-state index contributed by atoms with van der Waals surface area (Å²) in [5, 5.41) is 0. The largest absolute Gasteiger partial charge is 0.320 e. The Kier molecular flexibility index (Phi) is 4.60. The summed E-state index contributed by atoms with van der Waals surface area (Å²) in [7, 11) is 2.30. The van der Waals surface area contributed by atoms with E-state index < -0.39 is 0 Å². The van der Waals surface area contributed by atoms with Crippen molar-refractivity contribution in [2.45, 2.75) is 52.6 Å². The van der Waals surface area contributed by atoms with Crippen LogP contribution in [0, 0.1) is 0 Å². The van der Waals surface area contributed by atoms with Gasteiger partial charge in [-0.3, -0.25) is 4.90 Å². The minimum atomic E-state index is 0.826. The zero-order chi connectivity index (χ0) is 11.5. The zero-order valence-corrected chi connectivity index (χ0v) is 11.3. The van der Waals surface area contributed by atoms with Gasteiger partial charge in [-0.2, -0.15) is 0 Å². The predicted molar refractivity (Wildman–Crippen MR) is 67.0 cm³/mol. The number of rotatable bonds is 1. The maximum Gasteiger partial charge on any atom is 0.0917 e. The summed E-state index contributed by atoms with van der Waals surface area (Å²) in [5.74, 6) is 0. The second-order valence-electron chi connectivity index (χ2n) is 5.19. The predicted octanol–water partition coefficient (Wildman–Crippen LogP) is 2.35. The van der Waals surface area contributed by atoms with Gasteiger partial charge in [0.1, 0.15) is 0 Å². The molecule has 0 amide bonds. The highest BCUT2D eigenvalue weighted by atomic mass is 15.4. The van der Waals surface area contributed by atoms with E-state index in [1.807, 2.05) is 13.8 Å². The van der Waals surface area contributed by atoms with Crippen molar-refractivity contribution in [2.24, 2.45) is 0 Å². The van der Waals surface area contributed by atoms with Crippen LogP contribution >= 0.6 is 0 Å². The van der Waals surface area contributed by atoms with Gasteiger partial charge in [0, 0.05) is 25.4 Å². The minimum absolute atomic E-state index is 0.826. The molecule has 0 N–H and O–H groups in total. The Labute approximate surface area is 95.8 Å². The van der Waals surface area contributed by atoms with Gasteiger partial charge in [0.2, 0.25) is 0 Å². The van der Waals surface area contributed by atoms with E-state index in [9.17, 15) is 0 Å². The first-order chi connectivity index (χ1) is 7.14. The molecule has 2 bridgehead atoms. The maximum atomic E-state index is 2.58. The van der Waals surface area contributed by atoms with Gasteiger partial charge in [-0.15, -0.1) is 0 Å². The lowest BCUT2D eigenvalue weighted by molar-refractivity contribution is -0.948. The summed E-state index contributed by atoms with van der Waals surface area (Å²) in [5.41, 5.74) is 0. The molecule has 0 atom stereocenters. The van der Waals surface area contributed by atoms with E-state index in [-0.39, 0.29) is 0 Å². The summed E-state index contributed by atoms with van der Waals surface area (Å²) in [4.78, 5) is 2.58. The molecule has 0 aliphatic carbocycles. The average molecular weight is 213 g/mol. The van der Waals surface area contributed by atoms with Crippen LogP contribution in [0.2, 0.25) is 0 Å². The van der Waals surface area contributed by atoms with E-state index >= 15 is 0 Å². The quantitative estimate of drug-likeness (QED) is 0.604. The summed E-state index contributed by atoms with van der Waals surface area (Å²) < 4.78 is 1.39. The first-order valence-corrected chi connectivity index (χ1v) is 6.70. The Hall–Kier alpha value is -0.0800. The van der Waals surface area contributed by atoms with Crippen LogP contribution < -0.4 is 0 Å².